The quantitative estimate of drug-likeness (QED) is 0.0574. The molecule has 0 unspecified atom stereocenters. The van der Waals surface area contributed by atoms with Crippen LogP contribution in [-0.4, -0.2) is 34.1 Å². The van der Waals surface area contributed by atoms with Gasteiger partial charge in [0.25, 0.3) is 11.5 Å². The highest BCUT2D eigenvalue weighted by atomic mass is 16.6. The Bertz CT molecular complexity index is 1500. The first-order chi connectivity index (χ1) is 17.8. The third-order valence-electron chi connectivity index (χ3n) is 6.55. The molecule has 0 saturated heterocycles. The lowest BCUT2D eigenvalue weighted by Crippen LogP contribution is -2.15. The van der Waals surface area contributed by atoms with Crippen LogP contribution in [0.1, 0.15) is 66.2 Å². The van der Waals surface area contributed by atoms with Crippen molar-refractivity contribution in [2.24, 2.45) is 0 Å². The number of hydrogen-bond acceptors (Lipinski definition) is 6. The van der Waals surface area contributed by atoms with Crippen molar-refractivity contribution in [2.45, 2.75) is 45.4 Å². The number of non-ortho nitro benzene ring substituents is 1. The Kier molecular flexibility index (Phi) is 7.77. The van der Waals surface area contributed by atoms with Gasteiger partial charge in [-0.1, -0.05) is 32.6 Å². The number of carbonyl (C=O) groups excluding carboxylic acids is 3. The van der Waals surface area contributed by atoms with E-state index in [0.717, 1.165) is 55.6 Å². The van der Waals surface area contributed by atoms with E-state index in [2.05, 4.69) is 11.7 Å². The standard InChI is InChI=1S/C29H28N2O6/c1-3-4-5-6-7-8-27(32)19-9-15-25-23(17-19)24-18-20(28(33)29(34)37-2)10-16-26(24)30(25)21-11-13-22(14-12-21)31(35)36/h9-18H,3-8H2,1-2H3. The molecule has 190 valence electrons. The molecule has 3 aromatic carbocycles. The first-order valence-electron chi connectivity index (χ1n) is 12.3. The predicted octanol–water partition coefficient (Wildman–Crippen LogP) is 6.59. The van der Waals surface area contributed by atoms with Gasteiger partial charge in [0, 0.05) is 46.1 Å². The number of esters is 1. The molecular weight excluding hydrogens is 472 g/mol. The summed E-state index contributed by atoms with van der Waals surface area (Å²) in [6.07, 6.45) is 5.73. The van der Waals surface area contributed by atoms with Gasteiger partial charge in [0.15, 0.2) is 5.78 Å². The summed E-state index contributed by atoms with van der Waals surface area (Å²) in [5.74, 6) is -1.67. The van der Waals surface area contributed by atoms with Crippen LogP contribution >= 0.6 is 0 Å². The van der Waals surface area contributed by atoms with Crippen LogP contribution in [0.2, 0.25) is 0 Å². The molecule has 0 amide bonds. The maximum atomic E-state index is 13.0. The van der Waals surface area contributed by atoms with Crippen molar-refractivity contribution < 1.29 is 24.0 Å². The zero-order valence-electron chi connectivity index (χ0n) is 20.9. The van der Waals surface area contributed by atoms with Crippen LogP contribution in [0, 0.1) is 10.1 Å². The summed E-state index contributed by atoms with van der Waals surface area (Å²) in [6.45, 7) is 2.15. The summed E-state index contributed by atoms with van der Waals surface area (Å²) >= 11 is 0. The number of Topliss-reactive ketones (excluding diaryl/α,β-unsaturated/α-hetero) is 2. The van der Waals surface area contributed by atoms with E-state index in [0.29, 0.717) is 23.1 Å². The lowest BCUT2D eigenvalue weighted by Gasteiger charge is -2.08. The molecule has 4 aromatic rings. The summed E-state index contributed by atoms with van der Waals surface area (Å²) in [6, 6.07) is 16.5. The number of unbranched alkanes of at least 4 members (excludes halogenated alkanes) is 4. The number of methoxy groups -OCH3 is 1. The summed E-state index contributed by atoms with van der Waals surface area (Å²) in [5.41, 5.74) is 2.92. The van der Waals surface area contributed by atoms with E-state index < -0.39 is 16.7 Å². The molecule has 0 saturated carbocycles. The minimum Gasteiger partial charge on any atom is -0.463 e. The van der Waals surface area contributed by atoms with Gasteiger partial charge in [-0.2, -0.15) is 0 Å². The zero-order chi connectivity index (χ0) is 26.5. The number of rotatable bonds is 11. The average molecular weight is 501 g/mol. The maximum Gasteiger partial charge on any atom is 0.379 e. The van der Waals surface area contributed by atoms with Gasteiger partial charge in [-0.3, -0.25) is 19.7 Å². The second-order valence-corrected chi connectivity index (χ2v) is 8.98. The van der Waals surface area contributed by atoms with Crippen molar-refractivity contribution in [3.05, 3.63) is 81.9 Å². The van der Waals surface area contributed by atoms with E-state index in [1.807, 2.05) is 16.7 Å². The number of ketones is 2. The van der Waals surface area contributed by atoms with Gasteiger partial charge in [-0.25, -0.2) is 4.79 Å². The largest absolute Gasteiger partial charge is 0.463 e. The summed E-state index contributed by atoms with van der Waals surface area (Å²) in [7, 11) is 1.15. The van der Waals surface area contributed by atoms with Crippen molar-refractivity contribution in [1.29, 1.82) is 0 Å². The molecule has 0 aliphatic heterocycles. The Morgan fingerprint density at radius 1 is 0.838 bits per heavy atom. The predicted molar refractivity (Wildman–Crippen MR) is 141 cm³/mol. The van der Waals surface area contributed by atoms with E-state index in [9.17, 15) is 24.5 Å². The highest BCUT2D eigenvalue weighted by Gasteiger charge is 2.21. The lowest BCUT2D eigenvalue weighted by atomic mass is 10.0. The van der Waals surface area contributed by atoms with Crippen molar-refractivity contribution in [3.63, 3.8) is 0 Å². The maximum absolute atomic E-state index is 13.0. The Morgan fingerprint density at radius 2 is 1.43 bits per heavy atom. The van der Waals surface area contributed by atoms with Crippen LogP contribution < -0.4 is 0 Å². The first kappa shape index (κ1) is 25.8. The van der Waals surface area contributed by atoms with Gasteiger partial charge in [0.2, 0.25) is 0 Å². The highest BCUT2D eigenvalue weighted by Crippen LogP contribution is 2.34. The Balaban J connectivity index is 1.82. The summed E-state index contributed by atoms with van der Waals surface area (Å²) in [4.78, 5) is 48.0. The van der Waals surface area contributed by atoms with Crippen molar-refractivity contribution in [3.8, 4) is 5.69 Å². The van der Waals surface area contributed by atoms with Gasteiger partial charge in [0.1, 0.15) is 0 Å². The topological polar surface area (TPSA) is 109 Å². The first-order valence-corrected chi connectivity index (χ1v) is 12.3. The van der Waals surface area contributed by atoms with E-state index >= 15 is 0 Å². The third kappa shape index (κ3) is 5.28. The molecular formula is C29H28N2O6. The fraction of sp³-hybridized carbons (Fsp3) is 0.276. The second kappa shape index (κ2) is 11.2. The number of nitro groups is 1. The van der Waals surface area contributed by atoms with Crippen LogP contribution in [-0.2, 0) is 9.53 Å². The number of nitrogens with zero attached hydrogens (tertiary/aromatic N) is 2. The smallest absolute Gasteiger partial charge is 0.379 e. The SMILES string of the molecule is CCCCCCCC(=O)c1ccc2c(c1)c1cc(C(=O)C(=O)OC)ccc1n2-c1ccc([N+](=O)[O-])cc1. The molecule has 8 heteroatoms. The molecule has 1 heterocycles. The zero-order valence-corrected chi connectivity index (χ0v) is 20.9. The number of carbonyl (C=O) groups is 3. The van der Waals surface area contributed by atoms with Crippen molar-refractivity contribution in [1.82, 2.24) is 4.57 Å². The minimum atomic E-state index is -0.961. The highest BCUT2D eigenvalue weighted by molar-refractivity contribution is 6.41. The molecule has 1 aromatic heterocycles. The van der Waals surface area contributed by atoms with Crippen molar-refractivity contribution >= 4 is 45.0 Å². The van der Waals surface area contributed by atoms with Gasteiger partial charge >= 0.3 is 5.97 Å². The van der Waals surface area contributed by atoms with Crippen LogP contribution in [0.3, 0.4) is 0 Å². The fourth-order valence-corrected chi connectivity index (χ4v) is 4.58. The van der Waals surface area contributed by atoms with Crippen molar-refractivity contribution in [2.75, 3.05) is 7.11 Å². The molecule has 0 fully saturated rings. The number of benzene rings is 3. The van der Waals surface area contributed by atoms with Crippen LogP contribution in [0.15, 0.2) is 60.7 Å². The molecule has 4 rings (SSSR count). The molecule has 0 aliphatic rings. The molecule has 0 radical (unpaired) electrons. The molecule has 8 nitrogen and oxygen atoms in total. The normalized spacial score (nSPS) is 11.1. The fourth-order valence-electron chi connectivity index (χ4n) is 4.58. The van der Waals surface area contributed by atoms with Gasteiger partial charge in [-0.15, -0.1) is 0 Å². The van der Waals surface area contributed by atoms with Gasteiger partial charge in [0.05, 0.1) is 23.1 Å². The third-order valence-corrected chi connectivity index (χ3v) is 6.55. The number of aromatic nitrogens is 1. The second-order valence-electron chi connectivity index (χ2n) is 8.98. The Labute approximate surface area is 214 Å². The lowest BCUT2D eigenvalue weighted by molar-refractivity contribution is -0.384. The number of hydrogen-bond donors (Lipinski definition) is 0. The van der Waals surface area contributed by atoms with Crippen LogP contribution in [0.5, 0.6) is 0 Å². The van der Waals surface area contributed by atoms with E-state index in [4.69, 9.17) is 0 Å². The molecule has 0 N–H and O–H groups in total. The van der Waals surface area contributed by atoms with Crippen LogP contribution in [0.4, 0.5) is 5.69 Å². The molecule has 0 atom stereocenters. The number of ether oxygens (including phenoxy) is 1. The Morgan fingerprint density at radius 3 is 2.03 bits per heavy atom. The Hall–Kier alpha value is -4.33. The number of nitro benzene ring substituents is 1. The van der Waals surface area contributed by atoms with E-state index in [1.54, 1.807) is 36.4 Å². The molecule has 0 spiro atoms. The monoisotopic (exact) mass is 500 g/mol. The van der Waals surface area contributed by atoms with Gasteiger partial charge < -0.3 is 9.30 Å². The molecule has 0 bridgehead atoms. The van der Waals surface area contributed by atoms with E-state index in [1.165, 1.54) is 12.1 Å². The molecule has 37 heavy (non-hydrogen) atoms. The van der Waals surface area contributed by atoms with Gasteiger partial charge in [-0.05, 0) is 55.0 Å². The van der Waals surface area contributed by atoms with E-state index in [-0.39, 0.29) is 17.0 Å². The minimum absolute atomic E-state index is 0.0257. The summed E-state index contributed by atoms with van der Waals surface area (Å²) in [5, 5.41) is 12.6. The summed E-state index contributed by atoms with van der Waals surface area (Å²) < 4.78 is 6.51. The average Bonchev–Trinajstić information content (AvgIpc) is 3.24. The molecule has 0 aliphatic carbocycles. The van der Waals surface area contributed by atoms with Crippen LogP contribution in [0.25, 0.3) is 27.5 Å². The number of fused-ring (bicyclic) bond motifs is 3.